The Kier molecular flexibility index (Phi) is 5.46. The van der Waals surface area contributed by atoms with Gasteiger partial charge in [-0.15, -0.1) is 0 Å². The van der Waals surface area contributed by atoms with E-state index in [1.165, 1.54) is 37.8 Å². The zero-order valence-corrected chi connectivity index (χ0v) is 16.1. The molecule has 0 radical (unpaired) electrons. The smallest absolute Gasteiger partial charge is 0.270 e. The molecule has 1 aliphatic carbocycles. The molecule has 1 heterocycles. The third-order valence-corrected chi connectivity index (χ3v) is 5.52. The summed E-state index contributed by atoms with van der Waals surface area (Å²) in [6.45, 7) is 1.15. The van der Waals surface area contributed by atoms with Gasteiger partial charge in [-0.2, -0.15) is 0 Å². The van der Waals surface area contributed by atoms with Crippen LogP contribution in [0.3, 0.4) is 0 Å². The molecular weight excluding hydrogens is 368 g/mol. The molecule has 7 nitrogen and oxygen atoms in total. The minimum absolute atomic E-state index is 0.0429. The van der Waals surface area contributed by atoms with Crippen molar-refractivity contribution in [2.75, 3.05) is 17.2 Å². The monoisotopic (exact) mass is 392 g/mol. The number of nitro groups is 1. The molecule has 0 saturated heterocycles. The maximum absolute atomic E-state index is 12.4. The van der Waals surface area contributed by atoms with E-state index in [2.05, 4.69) is 10.6 Å². The predicted octanol–water partition coefficient (Wildman–Crippen LogP) is 4.79. The number of nitro benzene ring substituents is 1. The van der Waals surface area contributed by atoms with Crippen molar-refractivity contribution in [3.8, 4) is 0 Å². The normalized spacial score (nSPS) is 14.2. The Balaban J connectivity index is 1.34. The van der Waals surface area contributed by atoms with E-state index in [4.69, 9.17) is 0 Å². The fourth-order valence-corrected chi connectivity index (χ4v) is 3.94. The van der Waals surface area contributed by atoms with Crippen LogP contribution in [0.2, 0.25) is 0 Å². The number of benzene rings is 2. The molecule has 4 rings (SSSR count). The summed E-state index contributed by atoms with van der Waals surface area (Å²) in [6.07, 6.45) is 7.06. The van der Waals surface area contributed by atoms with Gasteiger partial charge in [0.15, 0.2) is 0 Å². The number of carbonyl (C=O) groups excluding carboxylic acids is 1. The van der Waals surface area contributed by atoms with Crippen molar-refractivity contribution >= 4 is 33.9 Å². The summed E-state index contributed by atoms with van der Waals surface area (Å²) in [6, 6.07) is 14.2. The van der Waals surface area contributed by atoms with E-state index in [9.17, 15) is 14.9 Å². The van der Waals surface area contributed by atoms with Crippen molar-refractivity contribution < 1.29 is 9.72 Å². The molecule has 3 aromatic rings. The molecule has 150 valence electrons. The molecule has 0 unspecified atom stereocenters. The number of nitrogens with one attached hydrogen (secondary N) is 2. The van der Waals surface area contributed by atoms with E-state index < -0.39 is 4.92 Å². The fraction of sp³-hybridized carbons (Fsp3) is 0.318. The van der Waals surface area contributed by atoms with Gasteiger partial charge in [0.2, 0.25) is 5.91 Å². The number of hydrogen-bond donors (Lipinski definition) is 2. The van der Waals surface area contributed by atoms with E-state index in [0.717, 1.165) is 34.7 Å². The average molecular weight is 392 g/mol. The van der Waals surface area contributed by atoms with Crippen LogP contribution in [-0.2, 0) is 11.3 Å². The highest BCUT2D eigenvalue weighted by molar-refractivity contribution is 5.92. The number of amides is 1. The van der Waals surface area contributed by atoms with Crippen LogP contribution in [0.15, 0.2) is 54.7 Å². The first-order valence-corrected chi connectivity index (χ1v) is 9.95. The van der Waals surface area contributed by atoms with E-state index in [0.29, 0.717) is 0 Å². The summed E-state index contributed by atoms with van der Waals surface area (Å²) < 4.78 is 1.78. The molecule has 0 bridgehead atoms. The molecule has 2 N–H and O–H groups in total. The highest BCUT2D eigenvalue weighted by Crippen LogP contribution is 2.25. The number of hydrogen-bond acceptors (Lipinski definition) is 4. The number of aromatic nitrogens is 1. The number of non-ortho nitro benzene ring substituents is 1. The number of fused-ring (bicyclic) bond motifs is 1. The van der Waals surface area contributed by atoms with E-state index in [1.807, 2.05) is 24.3 Å². The second kappa shape index (κ2) is 8.34. The molecule has 0 aliphatic heterocycles. The number of carbonyl (C=O) groups is 1. The Morgan fingerprint density at radius 1 is 1.07 bits per heavy atom. The molecule has 2 aromatic carbocycles. The quantitative estimate of drug-likeness (QED) is 0.447. The topological polar surface area (TPSA) is 89.2 Å². The third kappa shape index (κ3) is 4.56. The SMILES string of the molecule is O=C(Cn1ccc2cc([N+](=O)[O-])ccc21)Nc1ccc(NCC2CCCC2)cc1. The number of anilines is 2. The molecule has 29 heavy (non-hydrogen) atoms. The van der Waals surface area contributed by atoms with Crippen LogP contribution in [0.4, 0.5) is 17.1 Å². The van der Waals surface area contributed by atoms with Crippen molar-refractivity contribution in [3.05, 3.63) is 64.8 Å². The first-order valence-electron chi connectivity index (χ1n) is 9.95. The average Bonchev–Trinajstić information content (AvgIpc) is 3.37. The van der Waals surface area contributed by atoms with E-state index in [1.54, 1.807) is 22.9 Å². The Labute approximate surface area is 168 Å². The predicted molar refractivity (Wildman–Crippen MR) is 114 cm³/mol. The largest absolute Gasteiger partial charge is 0.385 e. The molecular formula is C22H24N4O3. The fourth-order valence-electron chi connectivity index (χ4n) is 3.94. The van der Waals surface area contributed by atoms with Gasteiger partial charge in [-0.05, 0) is 55.2 Å². The van der Waals surface area contributed by atoms with Crippen LogP contribution in [0, 0.1) is 16.0 Å². The van der Waals surface area contributed by atoms with Crippen molar-refractivity contribution in [1.29, 1.82) is 0 Å². The minimum atomic E-state index is -0.421. The Bertz CT molecular complexity index is 1020. The zero-order chi connectivity index (χ0) is 20.2. The van der Waals surface area contributed by atoms with Gasteiger partial charge in [0.05, 0.1) is 4.92 Å². The second-order valence-electron chi connectivity index (χ2n) is 7.60. The molecule has 1 aliphatic rings. The van der Waals surface area contributed by atoms with Crippen LogP contribution < -0.4 is 10.6 Å². The molecule has 0 spiro atoms. The lowest BCUT2D eigenvalue weighted by molar-refractivity contribution is -0.384. The Hall–Kier alpha value is -3.35. The minimum Gasteiger partial charge on any atom is -0.385 e. The summed E-state index contributed by atoms with van der Waals surface area (Å²) in [4.78, 5) is 22.9. The number of nitrogens with zero attached hydrogens (tertiary/aromatic N) is 2. The highest BCUT2D eigenvalue weighted by atomic mass is 16.6. The summed E-state index contributed by atoms with van der Waals surface area (Å²) in [5, 5.41) is 18.0. The lowest BCUT2D eigenvalue weighted by Gasteiger charge is -2.12. The second-order valence-corrected chi connectivity index (χ2v) is 7.60. The Morgan fingerprint density at radius 3 is 2.52 bits per heavy atom. The zero-order valence-electron chi connectivity index (χ0n) is 16.1. The van der Waals surface area contributed by atoms with Gasteiger partial charge in [-0.1, -0.05) is 12.8 Å². The van der Waals surface area contributed by atoms with Gasteiger partial charge in [0.1, 0.15) is 6.54 Å². The molecule has 7 heteroatoms. The van der Waals surface area contributed by atoms with Crippen LogP contribution in [0.5, 0.6) is 0 Å². The maximum Gasteiger partial charge on any atom is 0.270 e. The van der Waals surface area contributed by atoms with Gasteiger partial charge >= 0.3 is 0 Å². The van der Waals surface area contributed by atoms with Crippen molar-refractivity contribution in [2.45, 2.75) is 32.2 Å². The lowest BCUT2D eigenvalue weighted by Crippen LogP contribution is -2.18. The first-order chi connectivity index (χ1) is 14.1. The summed E-state index contributed by atoms with van der Waals surface area (Å²) >= 11 is 0. The summed E-state index contributed by atoms with van der Waals surface area (Å²) in [7, 11) is 0. The third-order valence-electron chi connectivity index (χ3n) is 5.52. The van der Waals surface area contributed by atoms with E-state index >= 15 is 0 Å². The van der Waals surface area contributed by atoms with Crippen LogP contribution in [0.25, 0.3) is 10.9 Å². The summed E-state index contributed by atoms with van der Waals surface area (Å²) in [5.74, 6) is 0.625. The molecule has 1 aromatic heterocycles. The number of rotatable bonds is 7. The molecule has 1 saturated carbocycles. The van der Waals surface area contributed by atoms with Gasteiger partial charge in [0, 0.05) is 47.2 Å². The van der Waals surface area contributed by atoms with Crippen LogP contribution >= 0.6 is 0 Å². The molecule has 1 amide bonds. The Morgan fingerprint density at radius 2 is 1.79 bits per heavy atom. The van der Waals surface area contributed by atoms with Gasteiger partial charge in [-0.3, -0.25) is 14.9 Å². The van der Waals surface area contributed by atoms with Crippen molar-refractivity contribution in [3.63, 3.8) is 0 Å². The van der Waals surface area contributed by atoms with Gasteiger partial charge < -0.3 is 15.2 Å². The van der Waals surface area contributed by atoms with Crippen molar-refractivity contribution in [2.24, 2.45) is 5.92 Å². The molecule has 1 fully saturated rings. The molecule has 0 atom stereocenters. The van der Waals surface area contributed by atoms with Crippen molar-refractivity contribution in [1.82, 2.24) is 4.57 Å². The van der Waals surface area contributed by atoms with Gasteiger partial charge in [-0.25, -0.2) is 0 Å². The standard InChI is InChI=1S/C22H24N4O3/c27-22(15-25-12-11-17-13-20(26(28)29)9-10-21(17)25)24-19-7-5-18(6-8-19)23-14-16-3-1-2-4-16/h5-13,16,23H,1-4,14-15H2,(H,24,27). The highest BCUT2D eigenvalue weighted by Gasteiger charge is 2.14. The van der Waals surface area contributed by atoms with E-state index in [-0.39, 0.29) is 18.1 Å². The lowest BCUT2D eigenvalue weighted by atomic mass is 10.1. The summed E-state index contributed by atoms with van der Waals surface area (Å²) in [5.41, 5.74) is 2.64. The van der Waals surface area contributed by atoms with Crippen LogP contribution in [-0.4, -0.2) is 21.9 Å². The van der Waals surface area contributed by atoms with Crippen LogP contribution in [0.1, 0.15) is 25.7 Å². The van der Waals surface area contributed by atoms with Gasteiger partial charge in [0.25, 0.3) is 5.69 Å². The first kappa shape index (κ1) is 19.0. The maximum atomic E-state index is 12.4.